The highest BCUT2D eigenvalue weighted by atomic mass is 79.9. The number of rotatable bonds is 11. The molecular formula is C87H64BrN. The molecule has 0 fully saturated rings. The van der Waals surface area contributed by atoms with Gasteiger partial charge in [0.25, 0.3) is 0 Å². The van der Waals surface area contributed by atoms with E-state index in [9.17, 15) is 0 Å². The maximum absolute atomic E-state index is 3.59. The van der Waals surface area contributed by atoms with Gasteiger partial charge in [0.2, 0.25) is 0 Å². The molecule has 2 heteroatoms. The predicted molar refractivity (Wildman–Crippen MR) is 376 cm³/mol. The number of benzene rings is 14. The Kier molecular flexibility index (Phi) is 16.0. The Morgan fingerprint density at radius 3 is 0.865 bits per heavy atom. The molecule has 14 aromatic rings. The molecule has 0 saturated heterocycles. The maximum atomic E-state index is 3.59. The second kappa shape index (κ2) is 25.4. The first-order valence-electron chi connectivity index (χ1n) is 30.6. The number of hydrogen-bond donors (Lipinski definition) is 1. The Hall–Kier alpha value is -10.6. The van der Waals surface area contributed by atoms with E-state index in [0.29, 0.717) is 0 Å². The summed E-state index contributed by atoms with van der Waals surface area (Å²) in [5, 5.41) is 3.38. The van der Waals surface area contributed by atoms with Crippen molar-refractivity contribution in [2.24, 2.45) is 0 Å². The van der Waals surface area contributed by atoms with Crippen LogP contribution in [0.25, 0.3) is 44.5 Å². The fourth-order valence-corrected chi connectivity index (χ4v) is 14.1. The highest BCUT2D eigenvalue weighted by Crippen LogP contribution is 2.58. The molecule has 2 aliphatic rings. The SMILES string of the molecule is Brc1ccc(C2(c3ccccc3)c3ccccc3-c3ccccc32)cc1.c1ccc(-c2ccc(C(c3ccccc3)c3ccc(C4(c5ccccc5)c5ccccc5-c5ccccc54)cc3)cc2)cc1.c1ccc(Nc2ccc(-c3ccccc3)cc2)cc1. The summed E-state index contributed by atoms with van der Waals surface area (Å²) in [5.74, 6) is 0.130. The Balaban J connectivity index is 0.000000130. The van der Waals surface area contributed by atoms with Crippen molar-refractivity contribution in [2.45, 2.75) is 16.7 Å². The molecule has 0 aromatic heterocycles. The van der Waals surface area contributed by atoms with E-state index < -0.39 is 0 Å². The number of para-hydroxylation sites is 1. The van der Waals surface area contributed by atoms with Gasteiger partial charge >= 0.3 is 0 Å². The summed E-state index contributed by atoms with van der Waals surface area (Å²) in [5.41, 5.74) is 26.2. The van der Waals surface area contributed by atoms with Crippen LogP contribution in [0.2, 0.25) is 0 Å². The molecule has 2 aliphatic carbocycles. The minimum atomic E-state index is -0.382. The minimum absolute atomic E-state index is 0.130. The van der Waals surface area contributed by atoms with Crippen LogP contribution in [-0.2, 0) is 10.8 Å². The molecule has 14 aromatic carbocycles. The third-order valence-electron chi connectivity index (χ3n) is 17.8. The van der Waals surface area contributed by atoms with Gasteiger partial charge in [0, 0.05) is 21.8 Å². The van der Waals surface area contributed by atoms with Crippen molar-refractivity contribution in [1.82, 2.24) is 0 Å². The number of nitrogens with one attached hydrogen (secondary N) is 1. The highest BCUT2D eigenvalue weighted by molar-refractivity contribution is 9.10. The van der Waals surface area contributed by atoms with Crippen LogP contribution < -0.4 is 5.32 Å². The van der Waals surface area contributed by atoms with E-state index in [1.165, 1.54) is 106 Å². The van der Waals surface area contributed by atoms with Gasteiger partial charge in [-0.3, -0.25) is 0 Å². The fourth-order valence-electron chi connectivity index (χ4n) is 13.8. The Bertz CT molecular complexity index is 4540. The van der Waals surface area contributed by atoms with Gasteiger partial charge < -0.3 is 5.32 Å². The van der Waals surface area contributed by atoms with Gasteiger partial charge in [0.15, 0.2) is 0 Å². The van der Waals surface area contributed by atoms with Gasteiger partial charge in [-0.15, -0.1) is 0 Å². The molecule has 1 unspecified atom stereocenters. The van der Waals surface area contributed by atoms with Crippen LogP contribution in [0.4, 0.5) is 11.4 Å². The molecule has 16 rings (SSSR count). The largest absolute Gasteiger partial charge is 0.356 e. The Morgan fingerprint density at radius 1 is 0.213 bits per heavy atom. The summed E-state index contributed by atoms with van der Waals surface area (Å²) in [6.45, 7) is 0. The van der Waals surface area contributed by atoms with Gasteiger partial charge in [-0.2, -0.15) is 0 Å². The van der Waals surface area contributed by atoms with Crippen LogP contribution in [0.5, 0.6) is 0 Å². The Labute approximate surface area is 532 Å². The molecule has 0 aliphatic heterocycles. The van der Waals surface area contributed by atoms with E-state index in [-0.39, 0.29) is 16.7 Å². The zero-order valence-electron chi connectivity index (χ0n) is 49.3. The van der Waals surface area contributed by atoms with Gasteiger partial charge in [0.1, 0.15) is 0 Å². The lowest BCUT2D eigenvalue weighted by atomic mass is 9.67. The standard InChI is InChI=1S/C44H32.C25H17Br.C18H15N/c1-4-14-32(15-5-1)33-24-26-35(27-25-33)43(34-16-6-2-7-17-34)36-28-30-38(31-29-36)44(37-18-8-3-9-19-37)41-22-12-10-20-39(41)40-21-11-13-23-42(40)44;26-20-16-14-19(15-17-20)25(18-8-2-1-3-9-18)23-12-6-4-10-21(23)22-11-5-7-13-24(22)25;1-3-7-15(8-4-1)16-11-13-18(14-12-16)19-17-9-5-2-6-10-17/h1-31,43H;1-17H;1-14,19H. The van der Waals surface area contributed by atoms with Crippen molar-refractivity contribution in [2.75, 3.05) is 5.32 Å². The van der Waals surface area contributed by atoms with Crippen molar-refractivity contribution in [3.8, 4) is 44.5 Å². The van der Waals surface area contributed by atoms with Crippen LogP contribution in [0, 0.1) is 0 Å². The molecule has 1 atom stereocenters. The second-order valence-electron chi connectivity index (χ2n) is 22.8. The zero-order chi connectivity index (χ0) is 59.8. The quantitative estimate of drug-likeness (QED) is 0.127. The summed E-state index contributed by atoms with van der Waals surface area (Å²) in [6.07, 6.45) is 0. The van der Waals surface area contributed by atoms with Crippen LogP contribution in [-0.4, -0.2) is 0 Å². The molecular weight excluding hydrogens is 1140 g/mol. The molecule has 424 valence electrons. The predicted octanol–water partition coefficient (Wildman–Crippen LogP) is 22.8. The van der Waals surface area contributed by atoms with Crippen LogP contribution in [0.3, 0.4) is 0 Å². The molecule has 0 amide bonds. The molecule has 0 bridgehead atoms. The third-order valence-corrected chi connectivity index (χ3v) is 18.3. The van der Waals surface area contributed by atoms with E-state index >= 15 is 0 Å². The third kappa shape index (κ3) is 10.8. The number of halogens is 1. The van der Waals surface area contributed by atoms with E-state index in [4.69, 9.17) is 0 Å². The smallest absolute Gasteiger partial charge is 0.0713 e. The summed E-state index contributed by atoms with van der Waals surface area (Å²) in [6, 6.07) is 135. The molecule has 1 N–H and O–H groups in total. The van der Waals surface area contributed by atoms with Crippen LogP contribution in [0.15, 0.2) is 381 Å². The van der Waals surface area contributed by atoms with Crippen molar-refractivity contribution in [3.63, 3.8) is 0 Å². The lowest BCUT2D eigenvalue weighted by Crippen LogP contribution is -2.28. The van der Waals surface area contributed by atoms with E-state index in [1.54, 1.807) is 0 Å². The average Bonchev–Trinajstić information content (AvgIpc) is 1.62. The van der Waals surface area contributed by atoms with Gasteiger partial charge in [0.05, 0.1) is 10.8 Å². The summed E-state index contributed by atoms with van der Waals surface area (Å²) in [7, 11) is 0. The highest BCUT2D eigenvalue weighted by Gasteiger charge is 2.47. The molecule has 0 saturated carbocycles. The van der Waals surface area contributed by atoms with Crippen molar-refractivity contribution in [1.29, 1.82) is 0 Å². The average molecular weight is 1200 g/mol. The lowest BCUT2D eigenvalue weighted by Gasteiger charge is -2.34. The van der Waals surface area contributed by atoms with Crippen molar-refractivity contribution in [3.05, 3.63) is 442 Å². The van der Waals surface area contributed by atoms with E-state index in [1.807, 2.05) is 24.3 Å². The summed E-state index contributed by atoms with van der Waals surface area (Å²) >= 11 is 3.59. The van der Waals surface area contributed by atoms with Gasteiger partial charge in [-0.1, -0.05) is 356 Å². The fraction of sp³-hybridized carbons (Fsp3) is 0.0345. The summed E-state index contributed by atoms with van der Waals surface area (Å²) < 4.78 is 1.10. The molecule has 89 heavy (non-hydrogen) atoms. The number of anilines is 2. The van der Waals surface area contributed by atoms with Crippen LogP contribution >= 0.6 is 15.9 Å². The molecule has 1 nitrogen and oxygen atoms in total. The second-order valence-corrected chi connectivity index (χ2v) is 23.7. The first kappa shape index (κ1) is 56.2. The molecule has 0 radical (unpaired) electrons. The van der Waals surface area contributed by atoms with E-state index in [2.05, 4.69) is 373 Å². The van der Waals surface area contributed by atoms with Crippen LogP contribution in [0.1, 0.15) is 67.1 Å². The zero-order valence-corrected chi connectivity index (χ0v) is 50.8. The van der Waals surface area contributed by atoms with Gasteiger partial charge in [-0.05, 0) is 142 Å². The normalized spacial score (nSPS) is 12.9. The monoisotopic (exact) mass is 1200 g/mol. The summed E-state index contributed by atoms with van der Waals surface area (Å²) in [4.78, 5) is 0. The minimum Gasteiger partial charge on any atom is -0.356 e. The number of fused-ring (bicyclic) bond motifs is 6. The first-order valence-corrected chi connectivity index (χ1v) is 31.4. The molecule has 0 spiro atoms. The lowest BCUT2D eigenvalue weighted by molar-refractivity contribution is 0.767. The Morgan fingerprint density at radius 2 is 0.472 bits per heavy atom. The van der Waals surface area contributed by atoms with Crippen molar-refractivity contribution >= 4 is 27.3 Å². The maximum Gasteiger partial charge on any atom is 0.0713 e. The topological polar surface area (TPSA) is 12.0 Å². The van der Waals surface area contributed by atoms with Crippen molar-refractivity contribution < 1.29 is 0 Å². The van der Waals surface area contributed by atoms with Gasteiger partial charge in [-0.25, -0.2) is 0 Å². The first-order chi connectivity index (χ1) is 44.1. The van der Waals surface area contributed by atoms with E-state index in [0.717, 1.165) is 15.8 Å². The molecule has 0 heterocycles. The number of hydrogen-bond acceptors (Lipinski definition) is 1.